The van der Waals surface area contributed by atoms with E-state index in [1.807, 2.05) is 11.3 Å². The Bertz CT molecular complexity index is 1350. The van der Waals surface area contributed by atoms with Gasteiger partial charge in [-0.15, -0.1) is 11.3 Å². The van der Waals surface area contributed by atoms with Gasteiger partial charge in [-0.25, -0.2) is 0 Å². The molecule has 1 heterocycles. The third-order valence-corrected chi connectivity index (χ3v) is 6.98. The molecule has 0 N–H and O–H groups in total. The van der Waals surface area contributed by atoms with Crippen LogP contribution in [0.1, 0.15) is 31.9 Å². The molecule has 1 aromatic heterocycles. The average molecular weight is 407 g/mol. The molecule has 1 heteroatoms. The summed E-state index contributed by atoms with van der Waals surface area (Å²) in [6, 6.07) is 31.1. The molecular formula is C29H26S. The van der Waals surface area contributed by atoms with Crippen LogP contribution in [-0.2, 0) is 5.41 Å². The fraction of sp³-hybridized carbons (Fsp3) is 0.172. The summed E-state index contributed by atoms with van der Waals surface area (Å²) in [4.78, 5) is 0. The van der Waals surface area contributed by atoms with Gasteiger partial charge in [0.15, 0.2) is 0 Å². The van der Waals surface area contributed by atoms with E-state index < -0.39 is 0 Å². The third-order valence-electron chi connectivity index (χ3n) is 5.86. The van der Waals surface area contributed by atoms with Gasteiger partial charge in [-0.05, 0) is 52.3 Å². The molecule has 0 aliphatic carbocycles. The first-order chi connectivity index (χ1) is 14.4. The molecule has 0 aliphatic heterocycles. The molecule has 5 rings (SSSR count). The van der Waals surface area contributed by atoms with E-state index in [0.717, 1.165) is 0 Å². The van der Waals surface area contributed by atoms with Gasteiger partial charge in [0, 0.05) is 20.2 Å². The number of fused-ring (bicyclic) bond motifs is 3. The highest BCUT2D eigenvalue weighted by Gasteiger charge is 2.25. The number of thiophene rings is 1. The minimum absolute atomic E-state index is 0.0253. The Morgan fingerprint density at radius 2 is 1.23 bits per heavy atom. The molecule has 0 nitrogen and oxygen atoms in total. The lowest BCUT2D eigenvalue weighted by molar-refractivity contribution is 0.598. The highest BCUT2D eigenvalue weighted by atomic mass is 32.1. The fourth-order valence-corrected chi connectivity index (χ4v) is 5.66. The number of aryl methyl sites for hydroxylation is 1. The molecule has 4 aromatic carbocycles. The average Bonchev–Trinajstić information content (AvgIpc) is 3.12. The van der Waals surface area contributed by atoms with Crippen molar-refractivity contribution >= 4 is 31.5 Å². The third kappa shape index (κ3) is 3.14. The summed E-state index contributed by atoms with van der Waals surface area (Å²) >= 11 is 1.91. The zero-order valence-corrected chi connectivity index (χ0v) is 18.8. The molecule has 0 aliphatic rings. The van der Waals surface area contributed by atoms with E-state index in [0.29, 0.717) is 0 Å². The highest BCUT2D eigenvalue weighted by Crippen LogP contribution is 2.47. The van der Waals surface area contributed by atoms with Gasteiger partial charge < -0.3 is 0 Å². The minimum atomic E-state index is 0.0253. The topological polar surface area (TPSA) is 0 Å². The van der Waals surface area contributed by atoms with Crippen LogP contribution in [-0.4, -0.2) is 0 Å². The molecule has 0 radical (unpaired) electrons. The Labute approximate surface area is 182 Å². The quantitative estimate of drug-likeness (QED) is 0.274. The normalized spacial score (nSPS) is 12.0. The van der Waals surface area contributed by atoms with Crippen LogP contribution in [0.5, 0.6) is 0 Å². The lowest BCUT2D eigenvalue weighted by atomic mass is 9.78. The van der Waals surface area contributed by atoms with E-state index >= 15 is 0 Å². The van der Waals surface area contributed by atoms with Crippen LogP contribution < -0.4 is 0 Å². The van der Waals surface area contributed by atoms with Gasteiger partial charge in [0.2, 0.25) is 0 Å². The molecule has 5 aromatic rings. The smallest absolute Gasteiger partial charge is 0.0361 e. The van der Waals surface area contributed by atoms with Crippen molar-refractivity contribution in [2.45, 2.75) is 33.1 Å². The second-order valence-corrected chi connectivity index (χ2v) is 10.2. The monoisotopic (exact) mass is 406 g/mol. The van der Waals surface area contributed by atoms with Gasteiger partial charge in [0.1, 0.15) is 0 Å². The number of hydrogen-bond acceptors (Lipinski definition) is 1. The fourth-order valence-electron chi connectivity index (χ4n) is 4.52. The maximum Gasteiger partial charge on any atom is 0.0361 e. The summed E-state index contributed by atoms with van der Waals surface area (Å²) in [5.74, 6) is 0. The summed E-state index contributed by atoms with van der Waals surface area (Å²) in [6.07, 6.45) is 0. The molecule has 0 spiro atoms. The van der Waals surface area contributed by atoms with Crippen LogP contribution >= 0.6 is 11.3 Å². The molecule has 0 amide bonds. The van der Waals surface area contributed by atoms with Crippen molar-refractivity contribution in [2.75, 3.05) is 0 Å². The maximum absolute atomic E-state index is 2.34. The van der Waals surface area contributed by atoms with E-state index in [1.165, 1.54) is 53.6 Å². The Balaban J connectivity index is 1.94. The first-order valence-corrected chi connectivity index (χ1v) is 11.4. The van der Waals surface area contributed by atoms with E-state index in [4.69, 9.17) is 0 Å². The lowest BCUT2D eigenvalue weighted by Gasteiger charge is -2.25. The van der Waals surface area contributed by atoms with Crippen molar-refractivity contribution in [3.05, 3.63) is 96.1 Å². The lowest BCUT2D eigenvalue weighted by Crippen LogP contribution is -2.13. The van der Waals surface area contributed by atoms with Crippen LogP contribution in [0.3, 0.4) is 0 Å². The molecule has 0 atom stereocenters. The first kappa shape index (κ1) is 19.1. The van der Waals surface area contributed by atoms with Crippen LogP contribution in [0.15, 0.2) is 84.9 Å². The predicted molar refractivity (Wildman–Crippen MR) is 134 cm³/mol. The largest absolute Gasteiger partial charge is 0.135 e. The molecular weight excluding hydrogens is 380 g/mol. The summed E-state index contributed by atoms with van der Waals surface area (Å²) in [7, 11) is 0. The van der Waals surface area contributed by atoms with Crippen LogP contribution in [0.2, 0.25) is 0 Å². The van der Waals surface area contributed by atoms with Gasteiger partial charge >= 0.3 is 0 Å². The Morgan fingerprint density at radius 3 is 1.93 bits per heavy atom. The Hall–Kier alpha value is -2.90. The predicted octanol–water partition coefficient (Wildman–Crippen LogP) is 8.99. The van der Waals surface area contributed by atoms with Gasteiger partial charge in [0.25, 0.3) is 0 Å². The Morgan fingerprint density at radius 1 is 0.567 bits per heavy atom. The molecule has 0 saturated heterocycles. The number of hydrogen-bond donors (Lipinski definition) is 0. The van der Waals surface area contributed by atoms with E-state index in [2.05, 4.69) is 113 Å². The van der Waals surface area contributed by atoms with Gasteiger partial charge in [-0.1, -0.05) is 99.1 Å². The molecule has 0 fully saturated rings. The number of rotatable bonds is 2. The summed E-state index contributed by atoms with van der Waals surface area (Å²) in [6.45, 7) is 9.17. The van der Waals surface area contributed by atoms with E-state index in [9.17, 15) is 0 Å². The Kier molecular flexibility index (Phi) is 4.52. The van der Waals surface area contributed by atoms with Gasteiger partial charge in [-0.3, -0.25) is 0 Å². The molecule has 0 unspecified atom stereocenters. The second kappa shape index (κ2) is 7.11. The van der Waals surface area contributed by atoms with E-state index in [1.54, 1.807) is 0 Å². The van der Waals surface area contributed by atoms with Crippen molar-refractivity contribution in [1.29, 1.82) is 0 Å². The van der Waals surface area contributed by atoms with Crippen molar-refractivity contribution in [3.8, 4) is 22.3 Å². The van der Waals surface area contributed by atoms with Crippen molar-refractivity contribution in [1.82, 2.24) is 0 Å². The maximum atomic E-state index is 2.34. The van der Waals surface area contributed by atoms with Gasteiger partial charge in [0.05, 0.1) is 0 Å². The number of benzene rings is 4. The molecule has 0 saturated carbocycles. The molecule has 148 valence electrons. The van der Waals surface area contributed by atoms with Crippen LogP contribution in [0, 0.1) is 6.92 Å². The summed E-state index contributed by atoms with van der Waals surface area (Å²) < 4.78 is 2.73. The first-order valence-electron chi connectivity index (χ1n) is 10.5. The zero-order valence-electron chi connectivity index (χ0n) is 18.0. The zero-order chi connectivity index (χ0) is 20.9. The summed E-state index contributed by atoms with van der Waals surface area (Å²) in [5.41, 5.74) is 8.01. The molecule has 30 heavy (non-hydrogen) atoms. The molecule has 0 bridgehead atoms. The minimum Gasteiger partial charge on any atom is -0.135 e. The second-order valence-electron chi connectivity index (χ2n) is 9.12. The highest BCUT2D eigenvalue weighted by molar-refractivity contribution is 7.26. The SMILES string of the molecule is Cc1ccc(-c2ccc3sc4cccc(-c5ccccc5)c4c3c2C(C)(C)C)cc1. The van der Waals surface area contributed by atoms with Crippen molar-refractivity contribution in [3.63, 3.8) is 0 Å². The van der Waals surface area contributed by atoms with Crippen LogP contribution in [0.25, 0.3) is 42.4 Å². The van der Waals surface area contributed by atoms with Crippen molar-refractivity contribution < 1.29 is 0 Å². The van der Waals surface area contributed by atoms with E-state index in [-0.39, 0.29) is 5.41 Å². The van der Waals surface area contributed by atoms with Crippen molar-refractivity contribution in [2.24, 2.45) is 0 Å². The van der Waals surface area contributed by atoms with Crippen LogP contribution in [0.4, 0.5) is 0 Å². The standard InChI is InChI=1S/C29H26S/c1-19-13-15-21(16-14-19)23-17-18-25-27(28(23)29(2,3)4)26-22(11-8-12-24(26)30-25)20-9-6-5-7-10-20/h5-18H,1-4H3. The summed E-state index contributed by atoms with van der Waals surface area (Å²) in [5, 5.41) is 2.81. The van der Waals surface area contributed by atoms with Gasteiger partial charge in [-0.2, -0.15) is 0 Å².